The average Bonchev–Trinajstić information content (AvgIpc) is 2.94. The van der Waals surface area contributed by atoms with Crippen molar-refractivity contribution < 1.29 is 13.9 Å². The van der Waals surface area contributed by atoms with E-state index in [9.17, 15) is 14.0 Å². The molecule has 0 spiro atoms. The highest BCUT2D eigenvalue weighted by atomic mass is 32.2. The summed E-state index contributed by atoms with van der Waals surface area (Å²) in [7, 11) is 0. The molecule has 1 saturated heterocycles. The van der Waals surface area contributed by atoms with Crippen LogP contribution in [0.15, 0.2) is 58.5 Å². The number of hydrogen-bond donors (Lipinski definition) is 0. The fraction of sp³-hybridized carbons (Fsp3) is 0.211. The molecule has 0 radical (unpaired) electrons. The Balaban J connectivity index is 1.89. The highest BCUT2D eigenvalue weighted by Crippen LogP contribution is 2.32. The van der Waals surface area contributed by atoms with Gasteiger partial charge in [-0.15, -0.1) is 0 Å². The number of fused-ring (bicyclic) bond motifs is 1. The molecule has 0 aliphatic carbocycles. The van der Waals surface area contributed by atoms with E-state index in [0.717, 1.165) is 0 Å². The van der Waals surface area contributed by atoms with E-state index in [4.69, 9.17) is 4.74 Å². The Morgan fingerprint density at radius 3 is 2.58 bits per heavy atom. The quantitative estimate of drug-likeness (QED) is 0.523. The Bertz CT molecular complexity index is 1050. The molecule has 26 heavy (non-hydrogen) atoms. The van der Waals surface area contributed by atoms with E-state index in [1.54, 1.807) is 24.3 Å². The molecule has 0 N–H and O–H groups in total. The third kappa shape index (κ3) is 2.99. The number of halogens is 1. The summed E-state index contributed by atoms with van der Waals surface area (Å²) in [5, 5.41) is 0.421. The standard InChI is InChI=1S/C19H15FN2O3S/c1-11-10-16(18(24)25-11)26-19-21-15-5-3-2-4-14(15)17(23)22(19)13-8-6-12(20)7-9-13/h2-9,11,16H,10H2,1H3/t11-,16-/m1/s1. The number of aromatic nitrogens is 2. The molecule has 0 amide bonds. The monoisotopic (exact) mass is 370 g/mol. The van der Waals surface area contributed by atoms with Gasteiger partial charge in [-0.05, 0) is 43.3 Å². The van der Waals surface area contributed by atoms with Crippen LogP contribution < -0.4 is 5.56 Å². The van der Waals surface area contributed by atoms with Crippen molar-refractivity contribution in [3.8, 4) is 5.69 Å². The molecule has 1 aliphatic heterocycles. The van der Waals surface area contributed by atoms with Crippen molar-refractivity contribution in [2.75, 3.05) is 0 Å². The van der Waals surface area contributed by atoms with Gasteiger partial charge >= 0.3 is 5.97 Å². The number of ether oxygens (including phenoxy) is 1. The SMILES string of the molecule is C[C@@H]1C[C@@H](Sc2nc3ccccc3c(=O)n2-c2ccc(F)cc2)C(=O)O1. The van der Waals surface area contributed by atoms with Gasteiger partial charge in [0.15, 0.2) is 5.16 Å². The van der Waals surface area contributed by atoms with Crippen LogP contribution in [0.5, 0.6) is 0 Å². The van der Waals surface area contributed by atoms with Gasteiger partial charge in [-0.25, -0.2) is 9.37 Å². The molecule has 0 bridgehead atoms. The molecule has 4 rings (SSSR count). The number of cyclic esters (lactones) is 1. The summed E-state index contributed by atoms with van der Waals surface area (Å²) in [6.45, 7) is 1.83. The summed E-state index contributed by atoms with van der Waals surface area (Å²) >= 11 is 1.20. The minimum Gasteiger partial charge on any atom is -0.462 e. The first-order valence-electron chi connectivity index (χ1n) is 8.18. The van der Waals surface area contributed by atoms with Gasteiger partial charge in [0.25, 0.3) is 5.56 Å². The first kappa shape index (κ1) is 16.8. The van der Waals surface area contributed by atoms with Gasteiger partial charge in [-0.1, -0.05) is 23.9 Å². The van der Waals surface area contributed by atoms with Gasteiger partial charge in [0.1, 0.15) is 17.2 Å². The normalized spacial score (nSPS) is 19.7. The summed E-state index contributed by atoms with van der Waals surface area (Å²) in [6, 6.07) is 12.6. The van der Waals surface area contributed by atoms with Gasteiger partial charge < -0.3 is 4.74 Å². The average molecular weight is 370 g/mol. The fourth-order valence-electron chi connectivity index (χ4n) is 2.95. The van der Waals surface area contributed by atoms with E-state index in [0.29, 0.717) is 28.2 Å². The summed E-state index contributed by atoms with van der Waals surface area (Å²) in [5.74, 6) is -0.700. The molecule has 2 heterocycles. The molecular weight excluding hydrogens is 355 g/mol. The second kappa shape index (κ2) is 6.57. The van der Waals surface area contributed by atoms with Crippen molar-refractivity contribution in [3.05, 3.63) is 64.7 Å². The first-order chi connectivity index (χ1) is 12.5. The number of esters is 1. The summed E-state index contributed by atoms with van der Waals surface area (Å²) < 4.78 is 19.9. The summed E-state index contributed by atoms with van der Waals surface area (Å²) in [6.07, 6.45) is 0.391. The molecule has 2 aromatic carbocycles. The number of thioether (sulfide) groups is 1. The topological polar surface area (TPSA) is 61.2 Å². The Kier molecular flexibility index (Phi) is 4.24. The predicted octanol–water partition coefficient (Wildman–Crippen LogP) is 3.32. The number of rotatable bonds is 3. The van der Waals surface area contributed by atoms with Gasteiger partial charge in [0.2, 0.25) is 0 Å². The van der Waals surface area contributed by atoms with E-state index in [2.05, 4.69) is 4.98 Å². The smallest absolute Gasteiger partial charge is 0.319 e. The lowest BCUT2D eigenvalue weighted by Crippen LogP contribution is -2.23. The zero-order valence-electron chi connectivity index (χ0n) is 13.9. The van der Waals surface area contributed by atoms with Gasteiger partial charge in [0.05, 0.1) is 16.6 Å². The van der Waals surface area contributed by atoms with Crippen molar-refractivity contribution in [1.82, 2.24) is 9.55 Å². The van der Waals surface area contributed by atoms with Crippen molar-refractivity contribution in [3.63, 3.8) is 0 Å². The minimum atomic E-state index is -0.426. The van der Waals surface area contributed by atoms with Gasteiger partial charge in [-0.3, -0.25) is 14.2 Å². The Morgan fingerprint density at radius 1 is 1.15 bits per heavy atom. The fourth-order valence-corrected chi connectivity index (χ4v) is 4.17. The number of para-hydroxylation sites is 1. The molecule has 1 aliphatic rings. The van der Waals surface area contributed by atoms with E-state index in [1.807, 2.05) is 6.92 Å². The maximum Gasteiger partial charge on any atom is 0.319 e. The minimum absolute atomic E-state index is 0.161. The molecule has 1 fully saturated rings. The number of nitrogens with zero attached hydrogens (tertiary/aromatic N) is 2. The zero-order chi connectivity index (χ0) is 18.3. The molecule has 0 saturated carbocycles. The number of carbonyl (C=O) groups is 1. The lowest BCUT2D eigenvalue weighted by atomic mass is 10.2. The van der Waals surface area contributed by atoms with Crippen LogP contribution in [0.2, 0.25) is 0 Å². The molecular formula is C19H15FN2O3S. The third-order valence-electron chi connectivity index (χ3n) is 4.20. The highest BCUT2D eigenvalue weighted by Gasteiger charge is 2.34. The summed E-state index contributed by atoms with van der Waals surface area (Å²) in [4.78, 5) is 29.7. The first-order valence-corrected chi connectivity index (χ1v) is 9.06. The van der Waals surface area contributed by atoms with Crippen LogP contribution in [0.4, 0.5) is 4.39 Å². The molecule has 132 valence electrons. The second-order valence-electron chi connectivity index (χ2n) is 6.12. The zero-order valence-corrected chi connectivity index (χ0v) is 14.7. The van der Waals surface area contributed by atoms with Crippen LogP contribution in [0.25, 0.3) is 16.6 Å². The van der Waals surface area contributed by atoms with E-state index in [1.165, 1.54) is 40.6 Å². The lowest BCUT2D eigenvalue weighted by Gasteiger charge is -2.14. The molecule has 5 nitrogen and oxygen atoms in total. The van der Waals surface area contributed by atoms with Gasteiger partial charge in [0, 0.05) is 6.42 Å². The summed E-state index contributed by atoms with van der Waals surface area (Å²) in [5.41, 5.74) is 0.790. The molecule has 3 aromatic rings. The van der Waals surface area contributed by atoms with Crippen molar-refractivity contribution >= 4 is 28.6 Å². The Hall–Kier alpha value is -2.67. The molecule has 1 aromatic heterocycles. The van der Waals surface area contributed by atoms with E-state index in [-0.39, 0.29) is 17.6 Å². The van der Waals surface area contributed by atoms with E-state index < -0.39 is 11.1 Å². The van der Waals surface area contributed by atoms with Crippen LogP contribution in [0, 0.1) is 5.82 Å². The van der Waals surface area contributed by atoms with Crippen LogP contribution in [0.1, 0.15) is 13.3 Å². The second-order valence-corrected chi connectivity index (χ2v) is 7.29. The third-order valence-corrected chi connectivity index (χ3v) is 5.36. The van der Waals surface area contributed by atoms with Crippen LogP contribution in [-0.2, 0) is 9.53 Å². The van der Waals surface area contributed by atoms with Crippen molar-refractivity contribution in [2.24, 2.45) is 0 Å². The largest absolute Gasteiger partial charge is 0.462 e. The number of carbonyl (C=O) groups excluding carboxylic acids is 1. The number of benzene rings is 2. The lowest BCUT2D eigenvalue weighted by molar-refractivity contribution is -0.140. The number of hydrogen-bond acceptors (Lipinski definition) is 5. The highest BCUT2D eigenvalue weighted by molar-refractivity contribution is 8.00. The Labute approximate surface area is 152 Å². The molecule has 2 atom stereocenters. The maximum absolute atomic E-state index is 13.3. The van der Waals surface area contributed by atoms with Crippen LogP contribution in [0.3, 0.4) is 0 Å². The maximum atomic E-state index is 13.3. The van der Waals surface area contributed by atoms with Crippen LogP contribution >= 0.6 is 11.8 Å². The van der Waals surface area contributed by atoms with Crippen LogP contribution in [-0.4, -0.2) is 26.9 Å². The van der Waals surface area contributed by atoms with Gasteiger partial charge in [-0.2, -0.15) is 0 Å². The van der Waals surface area contributed by atoms with Crippen molar-refractivity contribution in [1.29, 1.82) is 0 Å². The molecule has 0 unspecified atom stereocenters. The molecule has 7 heteroatoms. The predicted molar refractivity (Wildman–Crippen MR) is 97.1 cm³/mol. The Morgan fingerprint density at radius 2 is 1.88 bits per heavy atom. The van der Waals surface area contributed by atoms with Crippen molar-refractivity contribution in [2.45, 2.75) is 29.9 Å². The van der Waals surface area contributed by atoms with E-state index >= 15 is 0 Å².